The topological polar surface area (TPSA) is 96.7 Å². The third kappa shape index (κ3) is 3.20. The molecular weight excluding hydrogens is 358 g/mol. The van der Waals surface area contributed by atoms with Crippen LogP contribution in [0, 0.1) is 0 Å². The molecule has 3 aromatic rings. The second-order valence-corrected chi connectivity index (χ2v) is 6.53. The van der Waals surface area contributed by atoms with E-state index in [2.05, 4.69) is 0 Å². The van der Waals surface area contributed by atoms with E-state index in [1.165, 1.54) is 0 Å². The van der Waals surface area contributed by atoms with Crippen LogP contribution in [0.25, 0.3) is 22.6 Å². The molecule has 1 aliphatic carbocycles. The van der Waals surface area contributed by atoms with Crippen LogP contribution in [0.1, 0.15) is 33.6 Å². The second-order valence-electron chi connectivity index (χ2n) is 6.53. The van der Waals surface area contributed by atoms with Crippen molar-refractivity contribution < 1.29 is 24.5 Å². The molecule has 2 N–H and O–H groups in total. The zero-order valence-electron chi connectivity index (χ0n) is 14.9. The average Bonchev–Trinajstić information content (AvgIpc) is 3.07. The Bertz CT molecular complexity index is 1130. The molecule has 1 aliphatic rings. The fourth-order valence-corrected chi connectivity index (χ4v) is 3.58. The molecule has 0 saturated heterocycles. The van der Waals surface area contributed by atoms with Crippen molar-refractivity contribution in [2.45, 2.75) is 12.8 Å². The lowest BCUT2D eigenvalue weighted by Gasteiger charge is -2.10. The Kier molecular flexibility index (Phi) is 4.53. The maximum absolute atomic E-state index is 11.9. The van der Waals surface area contributed by atoms with Gasteiger partial charge in [0.2, 0.25) is 0 Å². The summed E-state index contributed by atoms with van der Waals surface area (Å²) < 4.78 is 5.37. The number of aromatic carboxylic acids is 1. The molecule has 0 unspecified atom stereocenters. The molecule has 28 heavy (non-hydrogen) atoms. The number of aromatic nitrogens is 1. The fraction of sp³-hybridized carbons (Fsp3) is 0.136. The van der Waals surface area contributed by atoms with Crippen molar-refractivity contribution in [2.75, 3.05) is 6.61 Å². The highest BCUT2D eigenvalue weighted by molar-refractivity contribution is 6.06. The van der Waals surface area contributed by atoms with Gasteiger partial charge in [-0.05, 0) is 42.2 Å². The van der Waals surface area contributed by atoms with Crippen LogP contribution in [0.5, 0.6) is 5.75 Å². The minimum Gasteiger partial charge on any atom is -0.481 e. The van der Waals surface area contributed by atoms with Crippen molar-refractivity contribution >= 4 is 34.5 Å². The quantitative estimate of drug-likeness (QED) is 0.702. The highest BCUT2D eigenvalue weighted by Gasteiger charge is 2.26. The standard InChI is InChI=1S/C22H17NO5/c24-19(25)12-28-18-8-4-1-5-13(18)11-14-9-10-16-20(22(26)27)15-6-2-3-7-17(15)23-21(14)16/h1-8,11H,9-10,12H2,(H,24,25)(H,26,27). The molecule has 0 bridgehead atoms. The number of carbonyl (C=O) groups is 2. The van der Waals surface area contributed by atoms with Crippen molar-refractivity contribution in [3.05, 3.63) is 70.9 Å². The fourth-order valence-electron chi connectivity index (χ4n) is 3.58. The number of pyridine rings is 1. The third-order valence-corrected chi connectivity index (χ3v) is 4.76. The normalized spacial score (nSPS) is 14.2. The van der Waals surface area contributed by atoms with Crippen LogP contribution >= 0.6 is 0 Å². The van der Waals surface area contributed by atoms with Gasteiger partial charge >= 0.3 is 11.9 Å². The number of hydrogen-bond donors (Lipinski definition) is 2. The number of ether oxygens (including phenoxy) is 1. The number of para-hydroxylation sites is 2. The van der Waals surface area contributed by atoms with Crippen LogP contribution in [-0.2, 0) is 11.2 Å². The Hall–Kier alpha value is -3.67. The summed E-state index contributed by atoms with van der Waals surface area (Å²) >= 11 is 0. The zero-order chi connectivity index (χ0) is 19.7. The van der Waals surface area contributed by atoms with Crippen molar-refractivity contribution in [1.29, 1.82) is 0 Å². The molecule has 1 aromatic heterocycles. The third-order valence-electron chi connectivity index (χ3n) is 4.76. The van der Waals surface area contributed by atoms with E-state index in [1.807, 2.05) is 36.4 Å². The van der Waals surface area contributed by atoms with Crippen LogP contribution in [0.15, 0.2) is 48.5 Å². The van der Waals surface area contributed by atoms with E-state index < -0.39 is 18.5 Å². The van der Waals surface area contributed by atoms with Gasteiger partial charge < -0.3 is 14.9 Å². The van der Waals surface area contributed by atoms with Crippen LogP contribution in [0.2, 0.25) is 0 Å². The largest absolute Gasteiger partial charge is 0.481 e. The summed E-state index contributed by atoms with van der Waals surface area (Å²) in [6, 6.07) is 14.4. The van der Waals surface area contributed by atoms with Gasteiger partial charge in [-0.25, -0.2) is 14.6 Å². The molecular formula is C22H17NO5. The Morgan fingerprint density at radius 3 is 2.57 bits per heavy atom. The molecule has 1 heterocycles. The summed E-state index contributed by atoms with van der Waals surface area (Å²) in [5, 5.41) is 19.3. The number of allylic oxidation sites excluding steroid dienone is 1. The average molecular weight is 375 g/mol. The van der Waals surface area contributed by atoms with Gasteiger partial charge in [0.05, 0.1) is 16.8 Å². The lowest BCUT2D eigenvalue weighted by molar-refractivity contribution is -0.139. The minimum atomic E-state index is -1.05. The van der Waals surface area contributed by atoms with E-state index in [0.717, 1.165) is 16.7 Å². The van der Waals surface area contributed by atoms with E-state index in [4.69, 9.17) is 14.8 Å². The predicted molar refractivity (Wildman–Crippen MR) is 104 cm³/mol. The lowest BCUT2D eigenvalue weighted by Crippen LogP contribution is -2.10. The number of carboxylic acids is 2. The van der Waals surface area contributed by atoms with E-state index in [-0.39, 0.29) is 0 Å². The van der Waals surface area contributed by atoms with Gasteiger partial charge in [0.15, 0.2) is 6.61 Å². The number of fused-ring (bicyclic) bond motifs is 2. The van der Waals surface area contributed by atoms with Gasteiger partial charge in [0.1, 0.15) is 5.75 Å². The van der Waals surface area contributed by atoms with Gasteiger partial charge in [0.25, 0.3) is 0 Å². The predicted octanol–water partition coefficient (Wildman–Crippen LogP) is 3.88. The molecule has 0 aliphatic heterocycles. The van der Waals surface area contributed by atoms with Crippen LogP contribution in [0.3, 0.4) is 0 Å². The first-order chi connectivity index (χ1) is 13.5. The zero-order valence-corrected chi connectivity index (χ0v) is 14.9. The number of nitrogens with zero attached hydrogens (tertiary/aromatic N) is 1. The SMILES string of the molecule is O=C(O)COc1ccccc1C=C1CCc2c1nc1ccccc1c2C(=O)O. The second kappa shape index (κ2) is 7.15. The van der Waals surface area contributed by atoms with Crippen molar-refractivity contribution in [3.63, 3.8) is 0 Å². The molecule has 0 radical (unpaired) electrons. The van der Waals surface area contributed by atoms with Crippen LogP contribution in [0.4, 0.5) is 0 Å². The first kappa shape index (κ1) is 17.7. The first-order valence-electron chi connectivity index (χ1n) is 8.84. The van der Waals surface area contributed by atoms with E-state index in [1.54, 1.807) is 18.2 Å². The Morgan fingerprint density at radius 1 is 1.04 bits per heavy atom. The number of carboxylic acid groups (broad SMARTS) is 2. The molecule has 140 valence electrons. The number of aliphatic carboxylic acids is 1. The Balaban J connectivity index is 1.83. The minimum absolute atomic E-state index is 0.305. The van der Waals surface area contributed by atoms with Gasteiger partial charge in [-0.3, -0.25) is 0 Å². The number of benzene rings is 2. The van der Waals surface area contributed by atoms with Crippen molar-refractivity contribution in [2.24, 2.45) is 0 Å². The number of hydrogen-bond acceptors (Lipinski definition) is 4. The van der Waals surface area contributed by atoms with Gasteiger partial charge in [-0.15, -0.1) is 0 Å². The van der Waals surface area contributed by atoms with Gasteiger partial charge in [-0.1, -0.05) is 36.4 Å². The first-order valence-corrected chi connectivity index (χ1v) is 8.84. The molecule has 6 heteroatoms. The summed E-state index contributed by atoms with van der Waals surface area (Å²) in [5.41, 5.74) is 4.01. The molecule has 4 rings (SSSR count). The summed E-state index contributed by atoms with van der Waals surface area (Å²) in [4.78, 5) is 27.4. The van der Waals surface area contributed by atoms with Crippen molar-refractivity contribution in [3.8, 4) is 5.75 Å². The molecule has 0 atom stereocenters. The van der Waals surface area contributed by atoms with E-state index >= 15 is 0 Å². The lowest BCUT2D eigenvalue weighted by atomic mass is 10.0. The molecule has 6 nitrogen and oxygen atoms in total. The summed E-state index contributed by atoms with van der Waals surface area (Å²) in [5.74, 6) is -1.54. The van der Waals surface area contributed by atoms with Crippen LogP contribution < -0.4 is 4.74 Å². The highest BCUT2D eigenvalue weighted by Crippen LogP contribution is 2.38. The summed E-state index contributed by atoms with van der Waals surface area (Å²) in [6.07, 6.45) is 3.15. The molecule has 2 aromatic carbocycles. The molecule has 0 saturated carbocycles. The van der Waals surface area contributed by atoms with E-state index in [0.29, 0.717) is 40.8 Å². The van der Waals surface area contributed by atoms with Gasteiger partial charge in [0, 0.05) is 10.9 Å². The van der Waals surface area contributed by atoms with Gasteiger partial charge in [-0.2, -0.15) is 0 Å². The smallest absolute Gasteiger partial charge is 0.341 e. The highest BCUT2D eigenvalue weighted by atomic mass is 16.5. The van der Waals surface area contributed by atoms with Crippen LogP contribution in [-0.4, -0.2) is 33.7 Å². The monoisotopic (exact) mass is 375 g/mol. The molecule has 0 spiro atoms. The maximum atomic E-state index is 11.9. The Labute approximate surface area is 160 Å². The van der Waals surface area contributed by atoms with E-state index in [9.17, 15) is 14.7 Å². The summed E-state index contributed by atoms with van der Waals surface area (Å²) in [7, 11) is 0. The maximum Gasteiger partial charge on any atom is 0.341 e. The van der Waals surface area contributed by atoms with Crippen molar-refractivity contribution in [1.82, 2.24) is 4.98 Å². The molecule has 0 amide bonds. The molecule has 0 fully saturated rings. The number of rotatable bonds is 5. The summed E-state index contributed by atoms with van der Waals surface area (Å²) in [6.45, 7) is -0.428. The Morgan fingerprint density at radius 2 is 1.79 bits per heavy atom.